The van der Waals surface area contributed by atoms with E-state index in [1.165, 1.54) is 0 Å². The molecule has 0 fully saturated rings. The summed E-state index contributed by atoms with van der Waals surface area (Å²) < 4.78 is 0. The first-order valence-electron chi connectivity index (χ1n) is 6.50. The quantitative estimate of drug-likeness (QED) is 0.157. The van der Waals surface area contributed by atoms with Crippen LogP contribution in [0.1, 0.15) is 12.8 Å². The average molecular weight is 390 g/mol. The second kappa shape index (κ2) is 13.1. The van der Waals surface area contributed by atoms with Crippen molar-refractivity contribution in [1.29, 1.82) is 0 Å². The van der Waals surface area contributed by atoms with Crippen LogP contribution in [-0.2, 0) is 19.2 Å². The second-order valence-electron chi connectivity index (χ2n) is 4.84. The SMILES string of the molecule is O.O=C(O)CC(O)(CC(=O)O)C(=O)O.O=C[C@H](O)[C@@H](O)[C@H](O)[C@H](O)CO. The molecule has 0 aromatic carbocycles. The molecule has 0 saturated heterocycles. The van der Waals surface area contributed by atoms with Gasteiger partial charge in [0, 0.05) is 0 Å². The molecule has 0 aliphatic heterocycles. The highest BCUT2D eigenvalue weighted by molar-refractivity contribution is 5.88. The first-order chi connectivity index (χ1) is 11.3. The molecule has 14 nitrogen and oxygen atoms in total. The summed E-state index contributed by atoms with van der Waals surface area (Å²) in [4.78, 5) is 40.4. The zero-order chi connectivity index (χ0) is 20.4. The minimum atomic E-state index is -2.74. The Bertz CT molecular complexity index is 447. The Kier molecular flexibility index (Phi) is 14.4. The number of carboxylic acids is 3. The predicted molar refractivity (Wildman–Crippen MR) is 77.9 cm³/mol. The Labute approximate surface area is 145 Å². The van der Waals surface area contributed by atoms with Gasteiger partial charge in [-0.3, -0.25) is 9.59 Å². The Morgan fingerprint density at radius 2 is 1.27 bits per heavy atom. The van der Waals surface area contributed by atoms with E-state index in [1.807, 2.05) is 0 Å². The highest BCUT2D eigenvalue weighted by Crippen LogP contribution is 2.15. The summed E-state index contributed by atoms with van der Waals surface area (Å²) in [6, 6.07) is 0. The Morgan fingerprint density at radius 3 is 1.50 bits per heavy atom. The number of aldehydes is 1. The van der Waals surface area contributed by atoms with Crippen LogP contribution >= 0.6 is 0 Å². The molecule has 0 heterocycles. The maximum Gasteiger partial charge on any atom is 0.336 e. The van der Waals surface area contributed by atoms with Crippen molar-refractivity contribution < 1.29 is 70.6 Å². The topological polar surface area (TPSA) is 282 Å². The maximum absolute atomic E-state index is 10.3. The van der Waals surface area contributed by atoms with Crippen molar-refractivity contribution in [3.05, 3.63) is 0 Å². The number of aliphatic carboxylic acids is 3. The number of aliphatic hydroxyl groups is 6. The van der Waals surface area contributed by atoms with Crippen LogP contribution in [0.15, 0.2) is 0 Å². The van der Waals surface area contributed by atoms with Gasteiger partial charge in [0.2, 0.25) is 0 Å². The normalized spacial score (nSPS) is 15.2. The van der Waals surface area contributed by atoms with Crippen LogP contribution in [0.25, 0.3) is 0 Å². The fourth-order valence-corrected chi connectivity index (χ4v) is 1.33. The molecule has 0 aromatic heterocycles. The molecule has 0 amide bonds. The first-order valence-corrected chi connectivity index (χ1v) is 6.50. The fourth-order valence-electron chi connectivity index (χ4n) is 1.33. The van der Waals surface area contributed by atoms with Gasteiger partial charge < -0.3 is 56.2 Å². The van der Waals surface area contributed by atoms with Gasteiger partial charge in [-0.25, -0.2) is 4.79 Å². The monoisotopic (exact) mass is 390 g/mol. The van der Waals surface area contributed by atoms with E-state index >= 15 is 0 Å². The van der Waals surface area contributed by atoms with Crippen molar-refractivity contribution in [1.82, 2.24) is 0 Å². The van der Waals surface area contributed by atoms with Crippen molar-refractivity contribution in [2.75, 3.05) is 6.61 Å². The van der Waals surface area contributed by atoms with Crippen LogP contribution in [-0.4, -0.2) is 112 Å². The standard InChI is InChI=1S/C6H8O7.C6H12O6.H2O/c7-3(8)1-6(13,5(11)12)2-4(9)10;7-1-3(9)5(11)6(12)4(10)2-8;/h13H,1-2H2,(H,7,8)(H,9,10)(H,11,12);1,3-6,8-12H,2H2;1H2/t;3-,4+,5+,6+;/m.0./s1. The summed E-state index contributed by atoms with van der Waals surface area (Å²) in [6.07, 6.45) is -9.13. The first kappa shape index (κ1) is 28.6. The van der Waals surface area contributed by atoms with Crippen molar-refractivity contribution >= 4 is 24.2 Å². The number of rotatable bonds is 10. The van der Waals surface area contributed by atoms with E-state index in [0.29, 0.717) is 0 Å². The molecule has 0 aliphatic rings. The maximum atomic E-state index is 10.3. The van der Waals surface area contributed by atoms with Gasteiger partial charge in [-0.2, -0.15) is 0 Å². The summed E-state index contributed by atoms with van der Waals surface area (Å²) in [6.45, 7) is -0.760. The zero-order valence-corrected chi connectivity index (χ0v) is 13.2. The summed E-state index contributed by atoms with van der Waals surface area (Å²) in [5.41, 5.74) is -2.74. The van der Waals surface area contributed by atoms with Crippen LogP contribution in [0.4, 0.5) is 0 Å². The van der Waals surface area contributed by atoms with Gasteiger partial charge in [-0.15, -0.1) is 0 Å². The van der Waals surface area contributed by atoms with E-state index in [2.05, 4.69) is 0 Å². The molecule has 14 heteroatoms. The lowest BCUT2D eigenvalue weighted by atomic mass is 9.96. The van der Waals surface area contributed by atoms with Crippen molar-refractivity contribution in [3.8, 4) is 0 Å². The van der Waals surface area contributed by atoms with Crippen LogP contribution < -0.4 is 0 Å². The van der Waals surface area contributed by atoms with E-state index in [-0.39, 0.29) is 11.8 Å². The van der Waals surface area contributed by atoms with Crippen LogP contribution in [0.3, 0.4) is 0 Å². The fraction of sp³-hybridized carbons (Fsp3) is 0.667. The molecule has 154 valence electrons. The lowest BCUT2D eigenvalue weighted by Gasteiger charge is -2.22. The second-order valence-corrected chi connectivity index (χ2v) is 4.84. The molecule has 0 bridgehead atoms. The molecule has 0 spiro atoms. The Hall–Kier alpha value is -2.20. The van der Waals surface area contributed by atoms with E-state index < -0.39 is 67.4 Å². The number of carbonyl (C=O) groups is 4. The number of aliphatic hydroxyl groups excluding tert-OH is 5. The lowest BCUT2D eigenvalue weighted by Crippen LogP contribution is -2.46. The van der Waals surface area contributed by atoms with E-state index in [4.69, 9.17) is 46.0 Å². The van der Waals surface area contributed by atoms with Gasteiger partial charge in [-0.1, -0.05) is 0 Å². The van der Waals surface area contributed by atoms with Gasteiger partial charge >= 0.3 is 17.9 Å². The van der Waals surface area contributed by atoms with Gasteiger partial charge in [-0.05, 0) is 0 Å². The molecule has 26 heavy (non-hydrogen) atoms. The Morgan fingerprint density at radius 1 is 0.885 bits per heavy atom. The number of carboxylic acid groups (broad SMARTS) is 3. The highest BCUT2D eigenvalue weighted by atomic mass is 16.4. The summed E-state index contributed by atoms with van der Waals surface area (Å²) >= 11 is 0. The molecule has 0 unspecified atom stereocenters. The third kappa shape index (κ3) is 10.6. The lowest BCUT2D eigenvalue weighted by molar-refractivity contribution is -0.170. The van der Waals surface area contributed by atoms with E-state index in [9.17, 15) is 19.2 Å². The van der Waals surface area contributed by atoms with Gasteiger partial charge in [0.15, 0.2) is 11.9 Å². The Balaban J connectivity index is -0.000000393. The van der Waals surface area contributed by atoms with Crippen molar-refractivity contribution in [2.24, 2.45) is 0 Å². The molecule has 0 aromatic rings. The van der Waals surface area contributed by atoms with Gasteiger partial charge in [0.05, 0.1) is 19.4 Å². The third-order valence-electron chi connectivity index (χ3n) is 2.71. The van der Waals surface area contributed by atoms with E-state index in [1.54, 1.807) is 0 Å². The molecule has 4 atom stereocenters. The molecule has 0 aliphatic carbocycles. The van der Waals surface area contributed by atoms with Crippen LogP contribution in [0.2, 0.25) is 0 Å². The molecule has 11 N–H and O–H groups in total. The van der Waals surface area contributed by atoms with Crippen molar-refractivity contribution in [3.63, 3.8) is 0 Å². The summed E-state index contributed by atoms with van der Waals surface area (Å²) in [5.74, 6) is -5.02. The van der Waals surface area contributed by atoms with Crippen LogP contribution in [0, 0.1) is 0 Å². The third-order valence-corrected chi connectivity index (χ3v) is 2.71. The predicted octanol–water partition coefficient (Wildman–Crippen LogP) is -5.45. The van der Waals surface area contributed by atoms with Gasteiger partial charge in [0.25, 0.3) is 0 Å². The van der Waals surface area contributed by atoms with Crippen LogP contribution in [0.5, 0.6) is 0 Å². The average Bonchev–Trinajstić information content (AvgIpc) is 2.50. The smallest absolute Gasteiger partial charge is 0.336 e. The molecule has 0 rings (SSSR count). The number of hydrogen-bond donors (Lipinski definition) is 9. The number of carbonyl (C=O) groups excluding carboxylic acids is 1. The number of hydrogen-bond acceptors (Lipinski definition) is 10. The molecular formula is C12H22O14. The van der Waals surface area contributed by atoms with E-state index in [0.717, 1.165) is 0 Å². The summed E-state index contributed by atoms with van der Waals surface area (Å²) in [7, 11) is 0. The van der Waals surface area contributed by atoms with Gasteiger partial charge in [0.1, 0.15) is 24.4 Å². The molecule has 0 saturated carbocycles. The minimum Gasteiger partial charge on any atom is -0.481 e. The minimum absolute atomic E-state index is 0. The molecular weight excluding hydrogens is 368 g/mol. The molecule has 0 radical (unpaired) electrons. The zero-order valence-electron chi connectivity index (χ0n) is 13.2. The largest absolute Gasteiger partial charge is 0.481 e. The highest BCUT2D eigenvalue weighted by Gasteiger charge is 2.40. The summed E-state index contributed by atoms with van der Waals surface area (Å²) in [5, 5.41) is 77.3. The van der Waals surface area contributed by atoms with Crippen molar-refractivity contribution in [2.45, 2.75) is 42.9 Å².